The standard InChI is InChI=1S/C29H40N4O7/c1-2-39-31-24-15-26(33-19(17-36)16-30-32-33)29(38)28-22(24)13-18(7-3-5-11-34)21(8-4-6-12-35)27(28)23-14-20(37)9-10-25(23)40-29/h9-10,13-14,16,18,21,26-28,34-38H,2-8,11-12,15,17H2,1H3. The fourth-order valence-corrected chi connectivity index (χ4v) is 6.99. The molecule has 11 nitrogen and oxygen atoms in total. The van der Waals surface area contributed by atoms with Crippen LogP contribution in [0.3, 0.4) is 0 Å². The molecule has 1 aliphatic heterocycles. The number of benzene rings is 1. The minimum absolute atomic E-state index is 0.0649. The molecule has 1 fully saturated rings. The van der Waals surface area contributed by atoms with Gasteiger partial charge in [0.2, 0.25) is 5.79 Å². The third kappa shape index (κ3) is 5.11. The lowest BCUT2D eigenvalue weighted by atomic mass is 9.55. The Morgan fingerprint density at radius 3 is 2.62 bits per heavy atom. The summed E-state index contributed by atoms with van der Waals surface area (Å²) in [5.41, 5.74) is 2.79. The number of phenolic OH excluding ortho intramolecular Hbond substituents is 1. The number of aromatic nitrogens is 3. The van der Waals surface area contributed by atoms with Crippen molar-refractivity contribution in [2.45, 2.75) is 76.2 Å². The molecule has 1 saturated carbocycles. The van der Waals surface area contributed by atoms with Crippen molar-refractivity contribution in [3.8, 4) is 11.5 Å². The minimum atomic E-state index is -1.76. The SMILES string of the molecule is CCON=C1CC(n2nncc2CO)C2(O)Oc3ccc(O)cc3C3C(CCCCO)C(CCCCO)C=C1C32. The summed E-state index contributed by atoms with van der Waals surface area (Å²) in [6, 6.07) is 4.21. The van der Waals surface area contributed by atoms with Gasteiger partial charge in [-0.25, -0.2) is 4.68 Å². The highest BCUT2D eigenvalue weighted by Crippen LogP contribution is 2.62. The fraction of sp³-hybridized carbons (Fsp3) is 0.621. The molecule has 0 bridgehead atoms. The zero-order valence-corrected chi connectivity index (χ0v) is 22.9. The number of aromatic hydroxyl groups is 1. The Labute approximate surface area is 233 Å². The van der Waals surface area contributed by atoms with Crippen LogP contribution in [0.15, 0.2) is 41.2 Å². The van der Waals surface area contributed by atoms with E-state index in [4.69, 9.17) is 9.57 Å². The third-order valence-corrected chi connectivity index (χ3v) is 8.67. The lowest BCUT2D eigenvalue weighted by molar-refractivity contribution is -0.225. The number of ether oxygens (including phenoxy) is 1. The molecule has 0 saturated heterocycles. The summed E-state index contributed by atoms with van der Waals surface area (Å²) in [7, 11) is 0. The van der Waals surface area contributed by atoms with Crippen molar-refractivity contribution in [2.24, 2.45) is 22.9 Å². The Bertz CT molecular complexity index is 1230. The zero-order chi connectivity index (χ0) is 28.3. The highest BCUT2D eigenvalue weighted by Gasteiger charge is 2.63. The van der Waals surface area contributed by atoms with E-state index in [0.29, 0.717) is 36.6 Å². The van der Waals surface area contributed by atoms with Crippen molar-refractivity contribution in [1.82, 2.24) is 15.0 Å². The van der Waals surface area contributed by atoms with Gasteiger partial charge < -0.3 is 35.1 Å². The first-order valence-corrected chi connectivity index (χ1v) is 14.3. The van der Waals surface area contributed by atoms with Gasteiger partial charge >= 0.3 is 0 Å². The smallest absolute Gasteiger partial charge is 0.238 e. The topological polar surface area (TPSA) is 163 Å². The van der Waals surface area contributed by atoms with Crippen LogP contribution < -0.4 is 4.74 Å². The summed E-state index contributed by atoms with van der Waals surface area (Å²) in [4.78, 5) is 5.56. The van der Waals surface area contributed by atoms with E-state index in [0.717, 1.165) is 36.8 Å². The van der Waals surface area contributed by atoms with Crippen LogP contribution in [0.25, 0.3) is 0 Å². The first kappa shape index (κ1) is 28.5. The van der Waals surface area contributed by atoms with Crippen LogP contribution in [0.4, 0.5) is 0 Å². The predicted octanol–water partition coefficient (Wildman–Crippen LogP) is 2.79. The van der Waals surface area contributed by atoms with Gasteiger partial charge in [0.1, 0.15) is 24.1 Å². The molecule has 1 aromatic carbocycles. The quantitative estimate of drug-likeness (QED) is 0.195. The summed E-state index contributed by atoms with van der Waals surface area (Å²) in [5, 5.41) is 64.9. The van der Waals surface area contributed by atoms with Crippen molar-refractivity contribution in [2.75, 3.05) is 19.8 Å². The Morgan fingerprint density at radius 1 is 1.12 bits per heavy atom. The molecule has 40 heavy (non-hydrogen) atoms. The number of hydrogen-bond donors (Lipinski definition) is 5. The number of hydrogen-bond acceptors (Lipinski definition) is 10. The monoisotopic (exact) mass is 556 g/mol. The Morgan fingerprint density at radius 2 is 1.90 bits per heavy atom. The predicted molar refractivity (Wildman–Crippen MR) is 146 cm³/mol. The Balaban J connectivity index is 1.71. The zero-order valence-electron chi connectivity index (χ0n) is 22.9. The van der Waals surface area contributed by atoms with Gasteiger partial charge in [-0.3, -0.25) is 0 Å². The number of nitrogens with zero attached hydrogens (tertiary/aromatic N) is 4. The van der Waals surface area contributed by atoms with Crippen LogP contribution in [0.2, 0.25) is 0 Å². The Kier molecular flexibility index (Phi) is 8.74. The highest BCUT2D eigenvalue weighted by molar-refractivity contribution is 6.02. The summed E-state index contributed by atoms with van der Waals surface area (Å²) >= 11 is 0. The van der Waals surface area contributed by atoms with Gasteiger partial charge in [0.15, 0.2) is 0 Å². The van der Waals surface area contributed by atoms with Crippen LogP contribution in [-0.2, 0) is 11.4 Å². The largest absolute Gasteiger partial charge is 0.508 e. The second-order valence-corrected chi connectivity index (χ2v) is 11.0. The van der Waals surface area contributed by atoms with Gasteiger partial charge in [0.05, 0.1) is 30.1 Å². The second kappa shape index (κ2) is 12.3. The number of unbranched alkanes of at least 4 members (excludes halogenated alkanes) is 2. The van der Waals surface area contributed by atoms with E-state index >= 15 is 0 Å². The van der Waals surface area contributed by atoms with E-state index in [2.05, 4.69) is 21.5 Å². The lowest BCUT2D eigenvalue weighted by Crippen LogP contribution is -2.62. The van der Waals surface area contributed by atoms with Crippen molar-refractivity contribution in [1.29, 1.82) is 0 Å². The Hall–Kier alpha value is -2.99. The van der Waals surface area contributed by atoms with E-state index in [1.165, 1.54) is 10.9 Å². The van der Waals surface area contributed by atoms with Crippen molar-refractivity contribution < 1.29 is 35.1 Å². The maximum absolute atomic E-state index is 12.6. The fourth-order valence-electron chi connectivity index (χ4n) is 6.99. The molecule has 3 aliphatic rings. The number of aliphatic hydroxyl groups excluding tert-OH is 3. The summed E-state index contributed by atoms with van der Waals surface area (Å²) in [6.45, 7) is 2.15. The van der Waals surface area contributed by atoms with Gasteiger partial charge in [-0.1, -0.05) is 29.3 Å². The molecule has 5 N–H and O–H groups in total. The molecular formula is C29H40N4O7. The average Bonchev–Trinajstić information content (AvgIpc) is 3.42. The number of phenols is 1. The van der Waals surface area contributed by atoms with Crippen molar-refractivity contribution >= 4 is 5.71 Å². The maximum atomic E-state index is 12.6. The average molecular weight is 557 g/mol. The molecule has 2 aliphatic carbocycles. The highest BCUT2D eigenvalue weighted by atomic mass is 16.6. The summed E-state index contributed by atoms with van der Waals surface area (Å²) in [6.07, 6.45) is 8.56. The van der Waals surface area contributed by atoms with Gasteiger partial charge in [0.25, 0.3) is 0 Å². The summed E-state index contributed by atoms with van der Waals surface area (Å²) in [5.74, 6) is -1.78. The van der Waals surface area contributed by atoms with E-state index in [-0.39, 0.29) is 49.7 Å². The van der Waals surface area contributed by atoms with E-state index in [9.17, 15) is 25.5 Å². The molecule has 0 spiro atoms. The first-order valence-electron chi connectivity index (χ1n) is 14.3. The van der Waals surface area contributed by atoms with Gasteiger partial charge in [-0.05, 0) is 68.2 Å². The molecule has 0 radical (unpaired) electrons. The number of allylic oxidation sites excluding steroid dienone is 1. The van der Waals surface area contributed by atoms with Gasteiger partial charge in [-0.15, -0.1) is 5.10 Å². The van der Waals surface area contributed by atoms with Crippen LogP contribution >= 0.6 is 0 Å². The van der Waals surface area contributed by atoms with E-state index in [1.54, 1.807) is 18.2 Å². The molecule has 2 heterocycles. The lowest BCUT2D eigenvalue weighted by Gasteiger charge is -2.56. The number of aliphatic hydroxyl groups is 4. The van der Waals surface area contributed by atoms with Crippen molar-refractivity contribution in [3.05, 3.63) is 47.3 Å². The van der Waals surface area contributed by atoms with Gasteiger partial charge in [-0.2, -0.15) is 0 Å². The molecular weight excluding hydrogens is 516 g/mol. The normalized spacial score (nSPS) is 29.9. The van der Waals surface area contributed by atoms with E-state index < -0.39 is 17.7 Å². The van der Waals surface area contributed by atoms with Gasteiger partial charge in [0, 0.05) is 31.1 Å². The molecule has 218 valence electrons. The molecule has 6 unspecified atom stereocenters. The number of oxime groups is 1. The third-order valence-electron chi connectivity index (χ3n) is 8.67. The molecule has 1 aromatic heterocycles. The minimum Gasteiger partial charge on any atom is -0.508 e. The van der Waals surface area contributed by atoms with Crippen LogP contribution in [0.5, 0.6) is 11.5 Å². The van der Waals surface area contributed by atoms with E-state index in [1.807, 2.05) is 6.92 Å². The number of fused-ring (bicyclic) bond motifs is 2. The molecule has 0 amide bonds. The van der Waals surface area contributed by atoms with Crippen LogP contribution in [-0.4, -0.2) is 71.8 Å². The number of rotatable bonds is 12. The molecule has 2 aromatic rings. The molecule has 6 atom stereocenters. The first-order chi connectivity index (χ1) is 19.5. The van der Waals surface area contributed by atoms with Crippen LogP contribution in [0.1, 0.15) is 75.1 Å². The molecule has 11 heteroatoms. The second-order valence-electron chi connectivity index (χ2n) is 11.0. The maximum Gasteiger partial charge on any atom is 0.238 e. The summed E-state index contributed by atoms with van der Waals surface area (Å²) < 4.78 is 8.00. The molecule has 5 rings (SSSR count). The van der Waals surface area contributed by atoms with Crippen LogP contribution in [0, 0.1) is 17.8 Å². The van der Waals surface area contributed by atoms with Crippen molar-refractivity contribution in [3.63, 3.8) is 0 Å².